The van der Waals surface area contributed by atoms with E-state index in [4.69, 9.17) is 9.47 Å². The average molecular weight is 453 g/mol. The first-order valence-electron chi connectivity index (χ1n) is 9.18. The Bertz CT molecular complexity index is 1080. The first kappa shape index (κ1) is 20.6. The van der Waals surface area contributed by atoms with Crippen molar-refractivity contribution in [3.05, 3.63) is 34.8 Å². The van der Waals surface area contributed by atoms with E-state index in [-0.39, 0.29) is 25.0 Å². The molecule has 2 amide bonds. The van der Waals surface area contributed by atoms with Crippen molar-refractivity contribution in [2.24, 2.45) is 0 Å². The topological polar surface area (TPSA) is 118 Å². The number of nitrogens with one attached hydrogen (secondary N) is 1. The number of fused-ring (bicyclic) bond motifs is 1. The molecular weight excluding hydrogens is 432 g/mol. The van der Waals surface area contributed by atoms with Crippen LogP contribution in [0, 0.1) is 0 Å². The molecule has 0 saturated carbocycles. The molecule has 0 radical (unpaired) electrons. The van der Waals surface area contributed by atoms with Gasteiger partial charge in [-0.1, -0.05) is 0 Å². The number of rotatable bonds is 5. The fourth-order valence-electron chi connectivity index (χ4n) is 3.19. The van der Waals surface area contributed by atoms with Gasteiger partial charge < -0.3 is 14.4 Å². The zero-order chi connectivity index (χ0) is 21.3. The van der Waals surface area contributed by atoms with Crippen LogP contribution in [-0.2, 0) is 21.2 Å². The van der Waals surface area contributed by atoms with Crippen molar-refractivity contribution in [3.8, 4) is 11.5 Å². The number of amides is 2. The highest BCUT2D eigenvalue weighted by molar-refractivity contribution is 7.88. The second-order valence-corrected chi connectivity index (χ2v) is 9.73. The minimum Gasteiger partial charge on any atom is -0.454 e. The number of nitrogens with zero attached hydrogens (tertiary/aromatic N) is 3. The number of benzene rings is 1. The van der Waals surface area contributed by atoms with Gasteiger partial charge in [0, 0.05) is 37.1 Å². The molecule has 0 aliphatic carbocycles. The van der Waals surface area contributed by atoms with Crippen molar-refractivity contribution < 1.29 is 27.5 Å². The second-order valence-electron chi connectivity index (χ2n) is 6.89. The highest BCUT2D eigenvalue weighted by atomic mass is 32.2. The number of anilines is 1. The summed E-state index contributed by atoms with van der Waals surface area (Å²) in [6.07, 6.45) is 1.26. The molecule has 2 aliphatic rings. The van der Waals surface area contributed by atoms with E-state index < -0.39 is 10.0 Å². The molecule has 160 valence electrons. The van der Waals surface area contributed by atoms with Gasteiger partial charge in [-0.25, -0.2) is 13.4 Å². The van der Waals surface area contributed by atoms with Crippen molar-refractivity contribution in [1.82, 2.24) is 14.2 Å². The van der Waals surface area contributed by atoms with Crippen LogP contribution in [0.2, 0.25) is 0 Å². The lowest BCUT2D eigenvalue weighted by Gasteiger charge is -2.33. The Hall–Kier alpha value is -2.70. The molecule has 1 aromatic carbocycles. The highest BCUT2D eigenvalue weighted by Crippen LogP contribution is 2.32. The van der Waals surface area contributed by atoms with Gasteiger partial charge >= 0.3 is 0 Å². The fraction of sp³-hybridized carbons (Fsp3) is 0.389. The normalized spacial score (nSPS) is 16.5. The number of hydrogen-bond donors (Lipinski definition) is 1. The average Bonchev–Trinajstić information content (AvgIpc) is 3.36. The van der Waals surface area contributed by atoms with Gasteiger partial charge in [-0.05, 0) is 18.2 Å². The molecule has 0 bridgehead atoms. The Balaban J connectivity index is 1.32. The molecule has 12 heteroatoms. The molecule has 0 spiro atoms. The molecule has 1 fully saturated rings. The zero-order valence-electron chi connectivity index (χ0n) is 16.2. The third-order valence-electron chi connectivity index (χ3n) is 4.80. The van der Waals surface area contributed by atoms with Crippen LogP contribution in [0.15, 0.2) is 23.6 Å². The minimum absolute atomic E-state index is 0.0925. The lowest BCUT2D eigenvalue weighted by atomic mass is 10.2. The number of aromatic nitrogens is 1. The maximum Gasteiger partial charge on any atom is 0.257 e. The summed E-state index contributed by atoms with van der Waals surface area (Å²) in [5, 5.41) is 4.83. The third-order valence-corrected chi connectivity index (χ3v) is 6.91. The Morgan fingerprint density at radius 1 is 1.17 bits per heavy atom. The van der Waals surface area contributed by atoms with Gasteiger partial charge in [0.2, 0.25) is 22.7 Å². The van der Waals surface area contributed by atoms with E-state index in [0.29, 0.717) is 54.1 Å². The Morgan fingerprint density at radius 2 is 1.90 bits per heavy atom. The van der Waals surface area contributed by atoms with Gasteiger partial charge in [-0.2, -0.15) is 4.31 Å². The van der Waals surface area contributed by atoms with Crippen LogP contribution in [0.25, 0.3) is 0 Å². The molecule has 2 aliphatic heterocycles. The summed E-state index contributed by atoms with van der Waals surface area (Å²) >= 11 is 1.23. The molecule has 1 aromatic heterocycles. The van der Waals surface area contributed by atoms with Gasteiger partial charge in [0.15, 0.2) is 16.6 Å². The van der Waals surface area contributed by atoms with Crippen molar-refractivity contribution in [3.63, 3.8) is 0 Å². The van der Waals surface area contributed by atoms with Gasteiger partial charge in [0.25, 0.3) is 5.91 Å². The summed E-state index contributed by atoms with van der Waals surface area (Å²) in [5.74, 6) is 0.655. The summed E-state index contributed by atoms with van der Waals surface area (Å²) in [7, 11) is -3.24. The molecule has 4 rings (SSSR count). The fourth-order valence-corrected chi connectivity index (χ4v) is 4.72. The Labute approximate surface area is 177 Å². The van der Waals surface area contributed by atoms with E-state index in [1.165, 1.54) is 21.9 Å². The Kier molecular flexibility index (Phi) is 5.62. The summed E-state index contributed by atoms with van der Waals surface area (Å²) in [5.41, 5.74) is 0.965. The molecule has 3 heterocycles. The van der Waals surface area contributed by atoms with Gasteiger partial charge in [-0.15, -0.1) is 11.3 Å². The third kappa shape index (κ3) is 4.55. The van der Waals surface area contributed by atoms with Crippen LogP contribution in [-0.4, -0.2) is 73.6 Å². The smallest absolute Gasteiger partial charge is 0.257 e. The van der Waals surface area contributed by atoms with E-state index in [0.717, 1.165) is 0 Å². The molecule has 30 heavy (non-hydrogen) atoms. The summed E-state index contributed by atoms with van der Waals surface area (Å²) in [6, 6.07) is 4.91. The number of piperazine rings is 1. The molecule has 10 nitrogen and oxygen atoms in total. The largest absolute Gasteiger partial charge is 0.454 e. The first-order valence-corrected chi connectivity index (χ1v) is 11.9. The predicted molar refractivity (Wildman–Crippen MR) is 109 cm³/mol. The van der Waals surface area contributed by atoms with E-state index in [2.05, 4.69) is 10.3 Å². The second kappa shape index (κ2) is 8.20. The van der Waals surface area contributed by atoms with E-state index in [1.54, 1.807) is 28.5 Å². The molecule has 0 unspecified atom stereocenters. The summed E-state index contributed by atoms with van der Waals surface area (Å²) in [6.45, 7) is 1.41. The van der Waals surface area contributed by atoms with Crippen LogP contribution in [0.3, 0.4) is 0 Å². The SMILES string of the molecule is CS(=O)(=O)N1CCN(C(=O)Cc2csc(NC(=O)c3ccc4c(c3)OCO4)n2)CC1. The minimum atomic E-state index is -3.24. The van der Waals surface area contributed by atoms with Gasteiger partial charge in [0.1, 0.15) is 0 Å². The maximum atomic E-state index is 12.5. The maximum absolute atomic E-state index is 12.5. The highest BCUT2D eigenvalue weighted by Gasteiger charge is 2.26. The zero-order valence-corrected chi connectivity index (χ0v) is 17.8. The van der Waals surface area contributed by atoms with E-state index >= 15 is 0 Å². The Morgan fingerprint density at radius 3 is 2.63 bits per heavy atom. The van der Waals surface area contributed by atoms with Crippen LogP contribution >= 0.6 is 11.3 Å². The number of ether oxygens (including phenoxy) is 2. The summed E-state index contributed by atoms with van der Waals surface area (Å²) < 4.78 is 35.0. The van der Waals surface area contributed by atoms with Gasteiger partial charge in [0.05, 0.1) is 18.4 Å². The number of thiazole rings is 1. The molecule has 1 saturated heterocycles. The van der Waals surface area contributed by atoms with E-state index in [1.807, 2.05) is 0 Å². The van der Waals surface area contributed by atoms with Crippen molar-refractivity contribution >= 4 is 38.3 Å². The number of carbonyl (C=O) groups is 2. The number of carbonyl (C=O) groups excluding carboxylic acids is 2. The van der Waals surface area contributed by atoms with Crippen molar-refractivity contribution in [2.45, 2.75) is 6.42 Å². The molecule has 0 atom stereocenters. The van der Waals surface area contributed by atoms with Crippen LogP contribution in [0.1, 0.15) is 16.1 Å². The van der Waals surface area contributed by atoms with Gasteiger partial charge in [-0.3, -0.25) is 14.9 Å². The number of hydrogen-bond acceptors (Lipinski definition) is 8. The molecular formula is C18H20N4O6S2. The first-order chi connectivity index (χ1) is 14.3. The predicted octanol–water partition coefficient (Wildman–Crippen LogP) is 0.770. The van der Waals surface area contributed by atoms with Crippen LogP contribution < -0.4 is 14.8 Å². The van der Waals surface area contributed by atoms with Crippen molar-refractivity contribution in [2.75, 3.05) is 44.5 Å². The molecule has 1 N–H and O–H groups in total. The molecule has 2 aromatic rings. The number of sulfonamides is 1. The van der Waals surface area contributed by atoms with Crippen molar-refractivity contribution in [1.29, 1.82) is 0 Å². The lowest BCUT2D eigenvalue weighted by molar-refractivity contribution is -0.131. The van der Waals surface area contributed by atoms with E-state index in [9.17, 15) is 18.0 Å². The van der Waals surface area contributed by atoms with Crippen LogP contribution in [0.4, 0.5) is 5.13 Å². The van der Waals surface area contributed by atoms with Crippen LogP contribution in [0.5, 0.6) is 11.5 Å². The lowest BCUT2D eigenvalue weighted by Crippen LogP contribution is -2.50. The summed E-state index contributed by atoms with van der Waals surface area (Å²) in [4.78, 5) is 30.9. The standard InChI is InChI=1S/C18H20N4O6S2/c1-30(25,26)22-6-4-21(5-7-22)16(23)9-13-10-29-18(19-13)20-17(24)12-2-3-14-15(8-12)28-11-27-14/h2-3,8,10H,4-7,9,11H2,1H3,(H,19,20,24). The monoisotopic (exact) mass is 452 g/mol. The quantitative estimate of drug-likeness (QED) is 0.712.